The van der Waals surface area contributed by atoms with Crippen LogP contribution in [0, 0.1) is 0 Å². The summed E-state index contributed by atoms with van der Waals surface area (Å²) in [5.41, 5.74) is 6.41. The number of rotatable bonds is 0. The van der Waals surface area contributed by atoms with Gasteiger partial charge in [0.1, 0.15) is 5.52 Å². The molecule has 0 aliphatic rings. The number of hydrogen-bond donors (Lipinski definition) is 3. The number of fused-ring (bicyclic) bond motifs is 1. The molecule has 0 saturated carbocycles. The van der Waals surface area contributed by atoms with Gasteiger partial charge in [-0.1, -0.05) is 0 Å². The van der Waals surface area contributed by atoms with E-state index in [1.54, 1.807) is 6.07 Å². The average molecular weight is 153 g/mol. The maximum absolute atomic E-state index is 9.06. The van der Waals surface area contributed by atoms with Gasteiger partial charge in [-0.05, 0) is 0 Å². The summed E-state index contributed by atoms with van der Waals surface area (Å²) in [6.45, 7) is 0. The van der Waals surface area contributed by atoms with Gasteiger partial charge in [0.25, 0.3) is 0 Å². The van der Waals surface area contributed by atoms with E-state index in [4.69, 9.17) is 21.1 Å². The van der Waals surface area contributed by atoms with Gasteiger partial charge in [0.15, 0.2) is 11.5 Å². The summed E-state index contributed by atoms with van der Waals surface area (Å²) >= 11 is 0. The summed E-state index contributed by atoms with van der Waals surface area (Å²) in [6, 6.07) is 2.96. The van der Waals surface area contributed by atoms with Crippen LogP contribution in [0.3, 0.4) is 0 Å². The number of anilines is 1. The molecule has 5 heteroatoms. The van der Waals surface area contributed by atoms with Crippen molar-refractivity contribution in [3.05, 3.63) is 12.1 Å². The minimum absolute atomic E-state index is 0.0428. The number of hydrogen-bond acceptors (Lipinski definition) is 4. The Kier molecular flexibility index (Phi) is 0.883. The third kappa shape index (κ3) is 0.644. The van der Waals surface area contributed by atoms with Gasteiger partial charge in [-0.2, -0.15) is 0 Å². The molecule has 0 aromatic carbocycles. The van der Waals surface area contributed by atoms with Crippen molar-refractivity contribution in [3.63, 3.8) is 0 Å². The van der Waals surface area contributed by atoms with Gasteiger partial charge >= 0.3 is 0 Å². The zero-order valence-corrected chi connectivity index (χ0v) is 5.61. The molecular weight excluding hydrogens is 146 g/mol. The van der Waals surface area contributed by atoms with Gasteiger partial charge < -0.3 is 21.1 Å². The Bertz CT molecular complexity index is 401. The Morgan fingerprint density at radius 1 is 1.45 bits per heavy atom. The standard InChI is InChI=1S/C6H7N3O2/c7-5-1-3-4(11-5)2-6(10)9(3)8/h1-2,10H,7-8H2. The molecule has 11 heavy (non-hydrogen) atoms. The summed E-state index contributed by atoms with van der Waals surface area (Å²) in [6.07, 6.45) is 0. The van der Waals surface area contributed by atoms with Gasteiger partial charge in [0.2, 0.25) is 5.88 Å². The van der Waals surface area contributed by atoms with Crippen LogP contribution in [0.1, 0.15) is 0 Å². The number of nitrogens with two attached hydrogens (primary N) is 2. The van der Waals surface area contributed by atoms with E-state index in [2.05, 4.69) is 0 Å². The molecule has 5 nitrogen and oxygen atoms in total. The van der Waals surface area contributed by atoms with E-state index in [-0.39, 0.29) is 11.8 Å². The molecule has 2 rings (SSSR count). The molecule has 0 fully saturated rings. The Morgan fingerprint density at radius 2 is 2.18 bits per heavy atom. The lowest BCUT2D eigenvalue weighted by Gasteiger charge is -1.92. The van der Waals surface area contributed by atoms with Crippen molar-refractivity contribution in [1.29, 1.82) is 0 Å². The van der Waals surface area contributed by atoms with Crippen molar-refractivity contribution in [1.82, 2.24) is 4.68 Å². The molecule has 2 heterocycles. The van der Waals surface area contributed by atoms with E-state index in [1.807, 2.05) is 0 Å². The molecule has 0 aliphatic heterocycles. The zero-order valence-electron chi connectivity index (χ0n) is 5.61. The lowest BCUT2D eigenvalue weighted by atomic mass is 10.5. The monoisotopic (exact) mass is 153 g/mol. The van der Waals surface area contributed by atoms with Crippen molar-refractivity contribution >= 4 is 17.0 Å². The number of aromatic hydroxyl groups is 1. The highest BCUT2D eigenvalue weighted by Gasteiger charge is 2.08. The van der Waals surface area contributed by atoms with Crippen LogP contribution < -0.4 is 11.6 Å². The van der Waals surface area contributed by atoms with Crippen molar-refractivity contribution in [3.8, 4) is 5.88 Å². The SMILES string of the molecule is Nc1cc2c(cc(O)n2N)o1. The average Bonchev–Trinajstić information content (AvgIpc) is 2.37. The van der Waals surface area contributed by atoms with Gasteiger partial charge in [-0.25, -0.2) is 4.68 Å². The molecule has 0 saturated heterocycles. The fourth-order valence-electron chi connectivity index (χ4n) is 1.02. The smallest absolute Gasteiger partial charge is 0.214 e. The molecule has 0 spiro atoms. The van der Waals surface area contributed by atoms with Crippen molar-refractivity contribution in [2.24, 2.45) is 0 Å². The molecule has 0 unspecified atom stereocenters. The number of nitrogens with zero attached hydrogens (tertiary/aromatic N) is 1. The maximum atomic E-state index is 9.06. The van der Waals surface area contributed by atoms with Gasteiger partial charge in [0, 0.05) is 12.1 Å². The number of aromatic nitrogens is 1. The summed E-state index contributed by atoms with van der Waals surface area (Å²) in [7, 11) is 0. The molecule has 0 aliphatic carbocycles. The minimum atomic E-state index is -0.0428. The molecule has 0 radical (unpaired) electrons. The first-order chi connectivity index (χ1) is 5.18. The van der Waals surface area contributed by atoms with Crippen LogP contribution in [0.2, 0.25) is 0 Å². The van der Waals surface area contributed by atoms with Crippen LogP contribution >= 0.6 is 0 Å². The van der Waals surface area contributed by atoms with Crippen LogP contribution in [0.4, 0.5) is 5.88 Å². The predicted octanol–water partition coefficient (Wildman–Crippen LogP) is 0.236. The lowest BCUT2D eigenvalue weighted by molar-refractivity contribution is 0.440. The van der Waals surface area contributed by atoms with Crippen LogP contribution in [0.25, 0.3) is 11.1 Å². The highest BCUT2D eigenvalue weighted by atomic mass is 16.4. The Labute approximate surface area is 61.8 Å². The molecule has 0 amide bonds. The molecule has 0 bridgehead atoms. The molecule has 2 aromatic rings. The second-order valence-corrected chi connectivity index (χ2v) is 2.27. The van der Waals surface area contributed by atoms with Crippen molar-refractivity contribution < 1.29 is 9.52 Å². The van der Waals surface area contributed by atoms with Gasteiger partial charge in [0.05, 0.1) is 0 Å². The molecule has 5 N–H and O–H groups in total. The lowest BCUT2D eigenvalue weighted by Crippen LogP contribution is -2.05. The fraction of sp³-hybridized carbons (Fsp3) is 0. The van der Waals surface area contributed by atoms with E-state index in [9.17, 15) is 0 Å². The maximum Gasteiger partial charge on any atom is 0.214 e. The van der Waals surface area contributed by atoms with Crippen LogP contribution in [0.15, 0.2) is 16.5 Å². The predicted molar refractivity (Wildman–Crippen MR) is 40.4 cm³/mol. The summed E-state index contributed by atoms with van der Waals surface area (Å²) in [5, 5.41) is 9.06. The summed E-state index contributed by atoms with van der Waals surface area (Å²) < 4.78 is 6.09. The summed E-state index contributed by atoms with van der Waals surface area (Å²) in [5.74, 6) is 5.65. The quantitative estimate of drug-likeness (QED) is 0.473. The van der Waals surface area contributed by atoms with E-state index in [0.29, 0.717) is 11.1 Å². The first-order valence-corrected chi connectivity index (χ1v) is 3.03. The second kappa shape index (κ2) is 1.63. The van der Waals surface area contributed by atoms with Gasteiger partial charge in [-0.15, -0.1) is 0 Å². The Morgan fingerprint density at radius 3 is 2.82 bits per heavy atom. The number of furan rings is 1. The second-order valence-electron chi connectivity index (χ2n) is 2.27. The largest absolute Gasteiger partial charge is 0.493 e. The fourth-order valence-corrected chi connectivity index (χ4v) is 1.02. The molecule has 58 valence electrons. The normalized spacial score (nSPS) is 10.9. The number of nitrogen functional groups attached to an aromatic ring is 2. The minimum Gasteiger partial charge on any atom is -0.493 e. The van der Waals surface area contributed by atoms with Crippen LogP contribution in [-0.2, 0) is 0 Å². The Hall–Kier alpha value is -1.78. The van der Waals surface area contributed by atoms with E-state index >= 15 is 0 Å². The van der Waals surface area contributed by atoms with Crippen molar-refractivity contribution in [2.45, 2.75) is 0 Å². The van der Waals surface area contributed by atoms with Crippen LogP contribution in [0.5, 0.6) is 5.88 Å². The molecular formula is C6H7N3O2. The Balaban J connectivity index is 2.88. The van der Waals surface area contributed by atoms with E-state index in [1.165, 1.54) is 6.07 Å². The van der Waals surface area contributed by atoms with E-state index in [0.717, 1.165) is 4.68 Å². The highest BCUT2D eigenvalue weighted by molar-refractivity contribution is 5.79. The summed E-state index contributed by atoms with van der Waals surface area (Å²) in [4.78, 5) is 0. The topological polar surface area (TPSA) is 90.3 Å². The third-order valence-corrected chi connectivity index (χ3v) is 1.53. The van der Waals surface area contributed by atoms with Gasteiger partial charge in [-0.3, -0.25) is 0 Å². The first-order valence-electron chi connectivity index (χ1n) is 3.03. The highest BCUT2D eigenvalue weighted by Crippen LogP contribution is 2.25. The zero-order chi connectivity index (χ0) is 8.01. The first kappa shape index (κ1) is 5.96. The van der Waals surface area contributed by atoms with E-state index < -0.39 is 0 Å². The van der Waals surface area contributed by atoms with Crippen molar-refractivity contribution in [2.75, 3.05) is 11.6 Å². The molecule has 2 aromatic heterocycles. The molecule has 0 atom stereocenters. The van der Waals surface area contributed by atoms with Crippen LogP contribution in [-0.4, -0.2) is 9.78 Å². The third-order valence-electron chi connectivity index (χ3n) is 1.53.